The van der Waals surface area contributed by atoms with Crippen LogP contribution in [0.2, 0.25) is 0 Å². The first-order chi connectivity index (χ1) is 4.61. The molecule has 0 N–H and O–H groups in total. The molecule has 0 atom stereocenters. The largest absolute Gasteiger partial charge is 0.417 e. The third-order valence-corrected chi connectivity index (χ3v) is 0.888. The van der Waals surface area contributed by atoms with E-state index in [-0.39, 0.29) is 0 Å². The summed E-state index contributed by atoms with van der Waals surface area (Å²) in [7, 11) is 0. The Morgan fingerprint density at radius 1 is 1.40 bits per heavy atom. The van der Waals surface area contributed by atoms with Gasteiger partial charge in [-0.25, -0.2) is 0 Å². The van der Waals surface area contributed by atoms with E-state index in [0.717, 1.165) is 6.07 Å². The van der Waals surface area contributed by atoms with Crippen molar-refractivity contribution in [3.8, 4) is 0 Å². The average molecular weight is 145 g/mol. The van der Waals surface area contributed by atoms with Crippen LogP contribution < -0.4 is 0 Å². The number of aromatic nitrogens is 1. The Kier molecular flexibility index (Phi) is 1.61. The summed E-state index contributed by atoms with van der Waals surface area (Å²) >= 11 is 0. The summed E-state index contributed by atoms with van der Waals surface area (Å²) in [4.78, 5) is 3.15. The highest BCUT2D eigenvalue weighted by molar-refractivity contribution is 5.10. The summed E-state index contributed by atoms with van der Waals surface area (Å²) < 4.78 is 35.1. The van der Waals surface area contributed by atoms with Gasteiger partial charge in [-0.05, 0) is 6.07 Å². The normalized spacial score (nSPS) is 11.5. The number of nitrogens with zero attached hydrogens (tertiary/aromatic N) is 1. The van der Waals surface area contributed by atoms with Crippen LogP contribution in [0.3, 0.4) is 0 Å². The number of hydrogen-bond acceptors (Lipinski definition) is 1. The Morgan fingerprint density at radius 3 is 2.40 bits per heavy atom. The van der Waals surface area contributed by atoms with E-state index in [1.807, 2.05) is 0 Å². The van der Waals surface area contributed by atoms with E-state index in [0.29, 0.717) is 6.20 Å². The van der Waals surface area contributed by atoms with Gasteiger partial charge in [0.1, 0.15) is 0 Å². The van der Waals surface area contributed by atoms with Gasteiger partial charge in [0.25, 0.3) is 0 Å². The van der Waals surface area contributed by atoms with Crippen LogP contribution in [0.1, 0.15) is 5.56 Å². The lowest BCUT2D eigenvalue weighted by molar-refractivity contribution is -0.137. The van der Waals surface area contributed by atoms with Crippen LogP contribution in [-0.4, -0.2) is 4.98 Å². The van der Waals surface area contributed by atoms with Gasteiger partial charge < -0.3 is 0 Å². The average Bonchev–Trinajstić information content (AvgIpc) is 1.88. The summed E-state index contributed by atoms with van der Waals surface area (Å²) in [5.41, 5.74) is -0.800. The number of rotatable bonds is 0. The molecule has 10 heavy (non-hydrogen) atoms. The monoisotopic (exact) mass is 145 g/mol. The molecule has 0 fully saturated rings. The maximum atomic E-state index is 11.7. The second-order valence-corrected chi connectivity index (χ2v) is 1.61. The summed E-state index contributed by atoms with van der Waals surface area (Å²) in [5, 5.41) is 0. The highest BCUT2D eigenvalue weighted by Gasteiger charge is 2.30. The zero-order valence-electron chi connectivity index (χ0n) is 4.74. The van der Waals surface area contributed by atoms with Crippen LogP contribution in [-0.2, 0) is 6.18 Å². The van der Waals surface area contributed by atoms with Gasteiger partial charge in [0, 0.05) is 12.3 Å². The van der Waals surface area contributed by atoms with E-state index in [2.05, 4.69) is 17.2 Å². The highest BCUT2D eigenvalue weighted by Crippen LogP contribution is 2.27. The van der Waals surface area contributed by atoms with Crippen molar-refractivity contribution >= 4 is 0 Å². The van der Waals surface area contributed by atoms with Gasteiger partial charge >= 0.3 is 6.18 Å². The number of halogens is 3. The van der Waals surface area contributed by atoms with Crippen LogP contribution in [0.15, 0.2) is 12.3 Å². The molecule has 0 aliphatic heterocycles. The van der Waals surface area contributed by atoms with Gasteiger partial charge in [-0.15, -0.1) is 0 Å². The number of pyridine rings is 1. The molecule has 52 valence electrons. The van der Waals surface area contributed by atoms with E-state index >= 15 is 0 Å². The van der Waals surface area contributed by atoms with E-state index in [9.17, 15) is 13.2 Å². The van der Waals surface area contributed by atoms with E-state index in [4.69, 9.17) is 0 Å². The Morgan fingerprint density at radius 2 is 2.10 bits per heavy atom. The van der Waals surface area contributed by atoms with Crippen molar-refractivity contribution < 1.29 is 13.2 Å². The molecule has 0 aliphatic rings. The summed E-state index contributed by atoms with van der Waals surface area (Å²) in [6.07, 6.45) is -1.49. The fourth-order valence-electron chi connectivity index (χ4n) is 0.441. The van der Waals surface area contributed by atoms with Crippen molar-refractivity contribution in [3.63, 3.8) is 0 Å². The van der Waals surface area contributed by atoms with Crippen LogP contribution in [0.5, 0.6) is 0 Å². The quantitative estimate of drug-likeness (QED) is 0.541. The predicted octanol–water partition coefficient (Wildman–Crippen LogP) is 1.70. The van der Waals surface area contributed by atoms with E-state index in [1.54, 1.807) is 0 Å². The minimum Gasteiger partial charge on any atom is -0.253 e. The predicted molar refractivity (Wildman–Crippen MR) is 26.9 cm³/mol. The zero-order valence-corrected chi connectivity index (χ0v) is 4.74. The van der Waals surface area contributed by atoms with E-state index < -0.39 is 11.7 Å². The van der Waals surface area contributed by atoms with Gasteiger partial charge in [0.15, 0.2) is 0 Å². The molecular formula is C6H2F3N. The Bertz CT molecular complexity index is 204. The van der Waals surface area contributed by atoms with Crippen LogP contribution in [0.4, 0.5) is 13.2 Å². The highest BCUT2D eigenvalue weighted by atomic mass is 19.4. The van der Waals surface area contributed by atoms with Gasteiger partial charge in [0.2, 0.25) is 0 Å². The van der Waals surface area contributed by atoms with Gasteiger partial charge in [-0.3, -0.25) is 4.98 Å². The Balaban J connectivity index is 2.97. The molecule has 1 heterocycles. The first-order valence-corrected chi connectivity index (χ1v) is 2.41. The Labute approximate surface area is 55.5 Å². The third-order valence-electron chi connectivity index (χ3n) is 0.888. The standard InChI is InChI=1S/C6H2F3N/c7-6(8,9)5-2-1-3-10-4-5/h2,4H. The summed E-state index contributed by atoms with van der Waals surface area (Å²) in [5.74, 6) is 0. The fourth-order valence-corrected chi connectivity index (χ4v) is 0.441. The molecule has 1 nitrogen and oxygen atoms in total. The maximum Gasteiger partial charge on any atom is 0.417 e. The molecule has 1 rings (SSSR count). The first kappa shape index (κ1) is 7.05. The molecule has 0 bridgehead atoms. The molecule has 1 aromatic rings. The lowest BCUT2D eigenvalue weighted by atomic mass is 10.3. The molecule has 0 amide bonds. The molecule has 0 unspecified atom stereocenters. The van der Waals surface area contributed by atoms with Crippen molar-refractivity contribution in [2.75, 3.05) is 0 Å². The molecule has 0 aliphatic carbocycles. The molecule has 2 radical (unpaired) electrons. The molecular weight excluding hydrogens is 143 g/mol. The van der Waals surface area contributed by atoms with Gasteiger partial charge in [0.05, 0.1) is 11.8 Å². The van der Waals surface area contributed by atoms with Crippen LogP contribution >= 0.6 is 0 Å². The molecule has 0 saturated carbocycles. The molecule has 0 aromatic carbocycles. The zero-order chi connectivity index (χ0) is 7.61. The van der Waals surface area contributed by atoms with Crippen LogP contribution in [0, 0.1) is 12.3 Å². The molecule has 4 heteroatoms. The van der Waals surface area contributed by atoms with Gasteiger partial charge in [-0.1, -0.05) is 0 Å². The summed E-state index contributed by atoms with van der Waals surface area (Å²) in [6, 6.07) is 2.91. The van der Waals surface area contributed by atoms with Crippen molar-refractivity contribution in [1.29, 1.82) is 0 Å². The molecule has 0 spiro atoms. The number of hydrogen-bond donors (Lipinski definition) is 0. The van der Waals surface area contributed by atoms with Crippen molar-refractivity contribution in [3.05, 3.63) is 30.1 Å². The second-order valence-electron chi connectivity index (χ2n) is 1.61. The fraction of sp³-hybridized carbons (Fsp3) is 0.167. The van der Waals surface area contributed by atoms with Crippen LogP contribution in [0.25, 0.3) is 0 Å². The third kappa shape index (κ3) is 1.46. The second kappa shape index (κ2) is 2.28. The summed E-state index contributed by atoms with van der Waals surface area (Å²) in [6.45, 7) is 0. The lowest BCUT2D eigenvalue weighted by Crippen LogP contribution is -2.04. The topological polar surface area (TPSA) is 12.9 Å². The van der Waals surface area contributed by atoms with E-state index in [1.165, 1.54) is 0 Å². The SMILES string of the molecule is FC(F)(F)c1c[c][c]nc1. The smallest absolute Gasteiger partial charge is 0.253 e. The lowest BCUT2D eigenvalue weighted by Gasteiger charge is -2.02. The van der Waals surface area contributed by atoms with Crippen molar-refractivity contribution in [2.45, 2.75) is 6.18 Å². The minimum absolute atomic E-state index is 0.705. The van der Waals surface area contributed by atoms with Crippen molar-refractivity contribution in [1.82, 2.24) is 4.98 Å². The molecule has 1 aromatic heterocycles. The molecule has 0 saturated heterocycles. The van der Waals surface area contributed by atoms with Gasteiger partial charge in [-0.2, -0.15) is 13.2 Å². The maximum absolute atomic E-state index is 11.7. The Hall–Kier alpha value is -1.06. The van der Waals surface area contributed by atoms with Crippen molar-refractivity contribution in [2.24, 2.45) is 0 Å². The minimum atomic E-state index is -4.32. The first-order valence-electron chi connectivity index (χ1n) is 2.41. The number of alkyl halides is 3.